The van der Waals surface area contributed by atoms with Crippen LogP contribution in [0.4, 0.5) is 0 Å². The zero-order valence-electron chi connectivity index (χ0n) is 13.9. The second-order valence-corrected chi connectivity index (χ2v) is 10.4. The van der Waals surface area contributed by atoms with Crippen LogP contribution in [-0.4, -0.2) is 24.4 Å². The molecule has 0 unspecified atom stereocenters. The van der Waals surface area contributed by atoms with Crippen molar-refractivity contribution in [1.82, 2.24) is 0 Å². The molecule has 22 heavy (non-hydrogen) atoms. The van der Waals surface area contributed by atoms with Crippen molar-refractivity contribution >= 4 is 20.8 Å². The van der Waals surface area contributed by atoms with Crippen molar-refractivity contribution in [2.75, 3.05) is 24.4 Å². The topological polar surface area (TPSA) is 9.23 Å². The normalized spacial score (nSPS) is 19.0. The van der Waals surface area contributed by atoms with E-state index in [-0.39, 0.29) is 0 Å². The van der Waals surface area contributed by atoms with Crippen LogP contribution in [0.5, 0.6) is 5.75 Å². The SMILES string of the molecule is CCCCOc1ccc(S2(C)CCCCC2)c2ccccc12. The molecule has 120 valence electrons. The summed E-state index contributed by atoms with van der Waals surface area (Å²) in [6.07, 6.45) is 9.05. The van der Waals surface area contributed by atoms with Gasteiger partial charge in [-0.15, -0.1) is 0 Å². The molecule has 1 fully saturated rings. The third-order valence-corrected chi connectivity index (χ3v) is 8.62. The van der Waals surface area contributed by atoms with Gasteiger partial charge in [-0.3, -0.25) is 0 Å². The fourth-order valence-electron chi connectivity index (χ4n) is 3.47. The number of benzene rings is 2. The van der Waals surface area contributed by atoms with Crippen LogP contribution >= 0.6 is 10.0 Å². The van der Waals surface area contributed by atoms with E-state index in [1.807, 2.05) is 0 Å². The molecule has 2 aromatic carbocycles. The predicted molar refractivity (Wildman–Crippen MR) is 99.7 cm³/mol. The van der Waals surface area contributed by atoms with E-state index in [2.05, 4.69) is 49.6 Å². The van der Waals surface area contributed by atoms with E-state index < -0.39 is 10.0 Å². The smallest absolute Gasteiger partial charge is 0.127 e. The maximum absolute atomic E-state index is 6.04. The highest BCUT2D eigenvalue weighted by atomic mass is 32.3. The van der Waals surface area contributed by atoms with E-state index >= 15 is 0 Å². The summed E-state index contributed by atoms with van der Waals surface area (Å²) in [5.74, 6) is 3.85. The Kier molecular flexibility index (Phi) is 4.97. The number of ether oxygens (including phenoxy) is 1. The number of rotatable bonds is 5. The number of hydrogen-bond acceptors (Lipinski definition) is 1. The fourth-order valence-corrected chi connectivity index (χ4v) is 6.90. The van der Waals surface area contributed by atoms with Crippen molar-refractivity contribution in [3.05, 3.63) is 36.4 Å². The highest BCUT2D eigenvalue weighted by molar-refractivity contribution is 8.33. The van der Waals surface area contributed by atoms with Crippen LogP contribution in [0.15, 0.2) is 41.3 Å². The first-order valence-corrected chi connectivity index (χ1v) is 11.0. The van der Waals surface area contributed by atoms with Gasteiger partial charge in [-0.05, 0) is 59.4 Å². The molecule has 0 N–H and O–H groups in total. The van der Waals surface area contributed by atoms with Crippen LogP contribution < -0.4 is 4.74 Å². The van der Waals surface area contributed by atoms with Crippen molar-refractivity contribution in [1.29, 1.82) is 0 Å². The Hall–Kier alpha value is -1.15. The standard InChI is InChI=1S/C20H28OS/c1-3-4-14-21-19-12-13-20(18-11-7-6-10-17(18)19)22(2)15-8-5-9-16-22/h6-7,10-13H,3-5,8-9,14-16H2,1-2H3. The van der Waals surface area contributed by atoms with E-state index in [4.69, 9.17) is 4.74 Å². The molecule has 0 amide bonds. The predicted octanol–water partition coefficient (Wildman–Crippen LogP) is 6.00. The first kappa shape index (κ1) is 15.7. The minimum absolute atomic E-state index is 0.643. The molecule has 0 spiro atoms. The van der Waals surface area contributed by atoms with E-state index in [1.54, 1.807) is 4.90 Å². The molecule has 0 aliphatic carbocycles. The van der Waals surface area contributed by atoms with Crippen LogP contribution in [0.2, 0.25) is 0 Å². The largest absolute Gasteiger partial charge is 0.493 e. The van der Waals surface area contributed by atoms with Gasteiger partial charge < -0.3 is 4.74 Å². The molecular weight excluding hydrogens is 288 g/mol. The summed E-state index contributed by atoms with van der Waals surface area (Å²) < 4.78 is 6.04. The van der Waals surface area contributed by atoms with Gasteiger partial charge in [-0.1, -0.05) is 44.0 Å². The highest BCUT2D eigenvalue weighted by Gasteiger charge is 2.25. The lowest BCUT2D eigenvalue weighted by Crippen LogP contribution is -2.14. The summed E-state index contributed by atoms with van der Waals surface area (Å²) in [5.41, 5.74) is 0. The van der Waals surface area contributed by atoms with Gasteiger partial charge in [0.2, 0.25) is 0 Å². The molecule has 0 atom stereocenters. The van der Waals surface area contributed by atoms with E-state index in [0.29, 0.717) is 0 Å². The molecule has 1 heterocycles. The lowest BCUT2D eigenvalue weighted by molar-refractivity contribution is 0.313. The molecule has 2 heteroatoms. The van der Waals surface area contributed by atoms with Gasteiger partial charge in [0, 0.05) is 5.39 Å². The van der Waals surface area contributed by atoms with Gasteiger partial charge >= 0.3 is 0 Å². The number of fused-ring (bicyclic) bond motifs is 1. The monoisotopic (exact) mass is 316 g/mol. The van der Waals surface area contributed by atoms with E-state index in [1.165, 1.54) is 48.0 Å². The Morgan fingerprint density at radius 1 is 0.955 bits per heavy atom. The van der Waals surface area contributed by atoms with Crippen LogP contribution in [0.3, 0.4) is 0 Å². The van der Waals surface area contributed by atoms with Crippen LogP contribution in [0, 0.1) is 0 Å². The maximum atomic E-state index is 6.04. The second-order valence-electron chi connectivity index (χ2n) is 6.55. The third-order valence-electron chi connectivity index (χ3n) is 4.82. The van der Waals surface area contributed by atoms with Crippen molar-refractivity contribution in [3.63, 3.8) is 0 Å². The zero-order valence-corrected chi connectivity index (χ0v) is 14.8. The third kappa shape index (κ3) is 3.12. The number of hydrogen-bond donors (Lipinski definition) is 0. The highest BCUT2D eigenvalue weighted by Crippen LogP contribution is 2.58. The molecule has 1 nitrogen and oxygen atoms in total. The van der Waals surface area contributed by atoms with E-state index in [0.717, 1.165) is 18.8 Å². The summed E-state index contributed by atoms with van der Waals surface area (Å²) in [6.45, 7) is 3.03. The molecule has 0 radical (unpaired) electrons. The first-order chi connectivity index (χ1) is 10.7. The van der Waals surface area contributed by atoms with Crippen molar-refractivity contribution in [3.8, 4) is 5.75 Å². The molecule has 0 saturated carbocycles. The molecule has 1 aliphatic rings. The summed E-state index contributed by atoms with van der Waals surface area (Å²) in [6, 6.07) is 13.4. The summed E-state index contributed by atoms with van der Waals surface area (Å²) in [7, 11) is -0.643. The van der Waals surface area contributed by atoms with Crippen molar-refractivity contribution < 1.29 is 4.74 Å². The lowest BCUT2D eigenvalue weighted by Gasteiger charge is -2.40. The van der Waals surface area contributed by atoms with Crippen LogP contribution in [0.25, 0.3) is 10.8 Å². The van der Waals surface area contributed by atoms with Crippen molar-refractivity contribution in [2.45, 2.75) is 43.9 Å². The molecule has 2 aromatic rings. The minimum Gasteiger partial charge on any atom is -0.493 e. The second kappa shape index (κ2) is 6.95. The molecular formula is C20H28OS. The zero-order chi connectivity index (χ0) is 15.4. The molecule has 1 saturated heterocycles. The Bertz CT molecular complexity index is 629. The molecule has 0 aromatic heterocycles. The average molecular weight is 317 g/mol. The van der Waals surface area contributed by atoms with E-state index in [9.17, 15) is 0 Å². The quantitative estimate of drug-likeness (QED) is 0.615. The van der Waals surface area contributed by atoms with Gasteiger partial charge in [0.1, 0.15) is 5.75 Å². The minimum atomic E-state index is -0.643. The first-order valence-electron chi connectivity index (χ1n) is 8.63. The maximum Gasteiger partial charge on any atom is 0.127 e. The fraction of sp³-hybridized carbons (Fsp3) is 0.500. The van der Waals surface area contributed by atoms with Crippen LogP contribution in [-0.2, 0) is 0 Å². The van der Waals surface area contributed by atoms with Gasteiger partial charge in [-0.25, -0.2) is 10.0 Å². The van der Waals surface area contributed by atoms with Gasteiger partial charge in [-0.2, -0.15) is 0 Å². The molecule has 0 bridgehead atoms. The van der Waals surface area contributed by atoms with Crippen molar-refractivity contribution in [2.24, 2.45) is 0 Å². The Morgan fingerprint density at radius 3 is 2.41 bits per heavy atom. The summed E-state index contributed by atoms with van der Waals surface area (Å²) >= 11 is 0. The Balaban J connectivity index is 2.00. The van der Waals surface area contributed by atoms with Gasteiger partial charge in [0.25, 0.3) is 0 Å². The lowest BCUT2D eigenvalue weighted by atomic mass is 10.1. The van der Waals surface area contributed by atoms with Crippen LogP contribution in [0.1, 0.15) is 39.0 Å². The molecule has 1 aliphatic heterocycles. The average Bonchev–Trinajstić information content (AvgIpc) is 2.55. The summed E-state index contributed by atoms with van der Waals surface area (Å²) in [5, 5.41) is 2.73. The molecule has 3 rings (SSSR count). The Labute approximate surface area is 136 Å². The Morgan fingerprint density at radius 2 is 1.68 bits per heavy atom. The van der Waals surface area contributed by atoms with Gasteiger partial charge in [0.15, 0.2) is 0 Å². The summed E-state index contributed by atoms with van der Waals surface area (Å²) in [4.78, 5) is 1.60. The number of unbranched alkanes of at least 4 members (excludes halogenated alkanes) is 1. The van der Waals surface area contributed by atoms with Gasteiger partial charge in [0.05, 0.1) is 6.61 Å².